The molecule has 1 rings (SSSR count). The summed E-state index contributed by atoms with van der Waals surface area (Å²) in [4.78, 5) is 11.1. The fourth-order valence-electron chi connectivity index (χ4n) is 2.06. The normalized spacial score (nSPS) is 23.9. The Morgan fingerprint density at radius 2 is 2.05 bits per heavy atom. The third-order valence-corrected chi connectivity index (χ3v) is 4.66. The minimum atomic E-state index is -3.66. The zero-order valence-corrected chi connectivity index (χ0v) is 12.1. The van der Waals surface area contributed by atoms with Crippen LogP contribution in [0.15, 0.2) is 0 Å². The number of carboxylic acid groups (broad SMARTS) is 1. The van der Waals surface area contributed by atoms with Crippen LogP contribution in [-0.2, 0) is 19.7 Å². The van der Waals surface area contributed by atoms with E-state index in [1.54, 1.807) is 0 Å². The van der Waals surface area contributed by atoms with Gasteiger partial charge in [-0.05, 0) is 12.8 Å². The molecule has 1 heterocycles. The van der Waals surface area contributed by atoms with Crippen molar-refractivity contribution in [3.8, 4) is 0 Å². The van der Waals surface area contributed by atoms with Crippen molar-refractivity contribution in [2.45, 2.75) is 32.7 Å². The monoisotopic (exact) mass is 294 g/mol. The number of rotatable bonds is 8. The zero-order chi connectivity index (χ0) is 14.5. The summed E-state index contributed by atoms with van der Waals surface area (Å²) < 4.78 is 33.3. The lowest BCUT2D eigenvalue weighted by molar-refractivity contribution is -0.142. The summed E-state index contributed by atoms with van der Waals surface area (Å²) in [6, 6.07) is -0.633. The summed E-state index contributed by atoms with van der Waals surface area (Å²) in [5, 5.41) is 9.12. The molecule has 0 bridgehead atoms. The van der Waals surface area contributed by atoms with Crippen LogP contribution in [0.5, 0.6) is 0 Å². The van der Waals surface area contributed by atoms with Crippen LogP contribution in [0, 0.1) is 5.92 Å². The summed E-state index contributed by atoms with van der Waals surface area (Å²) in [6.07, 6.45) is 1.30. The van der Waals surface area contributed by atoms with Crippen LogP contribution in [0.3, 0.4) is 0 Å². The predicted molar refractivity (Wildman–Crippen MR) is 69.9 cm³/mol. The number of ether oxygens (including phenoxy) is 1. The van der Waals surface area contributed by atoms with Gasteiger partial charge in [0.2, 0.25) is 0 Å². The second-order valence-corrected chi connectivity index (χ2v) is 6.27. The van der Waals surface area contributed by atoms with Gasteiger partial charge in [0.05, 0.1) is 25.2 Å². The van der Waals surface area contributed by atoms with Gasteiger partial charge in [-0.3, -0.25) is 4.79 Å². The highest BCUT2D eigenvalue weighted by molar-refractivity contribution is 7.87. The molecular formula is C11H22N2O5S. The van der Waals surface area contributed by atoms with Crippen LogP contribution < -0.4 is 4.72 Å². The van der Waals surface area contributed by atoms with Gasteiger partial charge in [-0.15, -0.1) is 0 Å². The van der Waals surface area contributed by atoms with Gasteiger partial charge in [0, 0.05) is 13.1 Å². The van der Waals surface area contributed by atoms with Crippen molar-refractivity contribution in [2.75, 3.05) is 26.3 Å². The molecule has 0 aliphatic carbocycles. The van der Waals surface area contributed by atoms with E-state index in [0.717, 1.165) is 0 Å². The number of carboxylic acids is 1. The SMILES string of the molecule is CCCNS(=O)(=O)N(CCC)C1COCC1C(=O)O. The number of hydrogen-bond acceptors (Lipinski definition) is 4. The molecule has 7 nitrogen and oxygen atoms in total. The zero-order valence-electron chi connectivity index (χ0n) is 11.3. The smallest absolute Gasteiger partial charge is 0.310 e. The lowest BCUT2D eigenvalue weighted by Crippen LogP contribution is -2.51. The summed E-state index contributed by atoms with van der Waals surface area (Å²) >= 11 is 0. The molecule has 0 amide bonds. The van der Waals surface area contributed by atoms with E-state index in [9.17, 15) is 13.2 Å². The molecule has 0 spiro atoms. The van der Waals surface area contributed by atoms with E-state index in [0.29, 0.717) is 19.4 Å². The Kier molecular flexibility index (Phi) is 6.18. The second kappa shape index (κ2) is 7.18. The van der Waals surface area contributed by atoms with Crippen LogP contribution in [0.1, 0.15) is 26.7 Å². The first-order valence-electron chi connectivity index (χ1n) is 6.51. The van der Waals surface area contributed by atoms with Gasteiger partial charge < -0.3 is 9.84 Å². The van der Waals surface area contributed by atoms with Gasteiger partial charge in [-0.2, -0.15) is 12.7 Å². The van der Waals surface area contributed by atoms with Crippen LogP contribution in [0.25, 0.3) is 0 Å². The Morgan fingerprint density at radius 3 is 2.58 bits per heavy atom. The highest BCUT2D eigenvalue weighted by atomic mass is 32.2. The minimum Gasteiger partial charge on any atom is -0.481 e. The molecular weight excluding hydrogens is 272 g/mol. The van der Waals surface area contributed by atoms with Crippen LogP contribution in [0.2, 0.25) is 0 Å². The molecule has 19 heavy (non-hydrogen) atoms. The van der Waals surface area contributed by atoms with Crippen molar-refractivity contribution in [3.05, 3.63) is 0 Å². The summed E-state index contributed by atoms with van der Waals surface area (Å²) in [5.41, 5.74) is 0. The highest BCUT2D eigenvalue weighted by Gasteiger charge is 2.42. The molecule has 2 atom stereocenters. The first kappa shape index (κ1) is 16.4. The van der Waals surface area contributed by atoms with Crippen molar-refractivity contribution < 1.29 is 23.1 Å². The van der Waals surface area contributed by atoms with Gasteiger partial charge in [0.25, 0.3) is 10.2 Å². The Balaban J connectivity index is 2.90. The Labute approximate surface area is 114 Å². The maximum Gasteiger partial charge on any atom is 0.310 e. The summed E-state index contributed by atoms with van der Waals surface area (Å²) in [6.45, 7) is 4.54. The molecule has 1 saturated heterocycles. The maximum absolute atomic E-state index is 12.2. The number of aliphatic carboxylic acids is 1. The van der Waals surface area contributed by atoms with E-state index >= 15 is 0 Å². The molecule has 1 fully saturated rings. The summed E-state index contributed by atoms with van der Waals surface area (Å²) in [7, 11) is -3.66. The van der Waals surface area contributed by atoms with E-state index in [-0.39, 0.29) is 19.8 Å². The fraction of sp³-hybridized carbons (Fsp3) is 0.909. The lowest BCUT2D eigenvalue weighted by Gasteiger charge is -2.29. The number of nitrogens with zero attached hydrogens (tertiary/aromatic N) is 1. The third kappa shape index (κ3) is 4.13. The van der Waals surface area contributed by atoms with Crippen molar-refractivity contribution in [2.24, 2.45) is 5.92 Å². The third-order valence-electron chi connectivity index (χ3n) is 3.02. The number of carbonyl (C=O) groups is 1. The van der Waals surface area contributed by atoms with Crippen molar-refractivity contribution >= 4 is 16.2 Å². The quantitative estimate of drug-likeness (QED) is 0.659. The Hall–Kier alpha value is -0.700. The molecule has 112 valence electrons. The van der Waals surface area contributed by atoms with Crippen LogP contribution in [-0.4, -0.2) is 56.1 Å². The second-order valence-electron chi connectivity index (χ2n) is 4.56. The molecule has 8 heteroatoms. The standard InChI is InChI=1S/C11H22N2O5S/c1-3-5-12-19(16,17)13(6-4-2)10-8-18-7-9(10)11(14)15/h9-10,12H,3-8H2,1-2H3,(H,14,15). The highest BCUT2D eigenvalue weighted by Crippen LogP contribution is 2.22. The van der Waals surface area contributed by atoms with Crippen molar-refractivity contribution in [1.82, 2.24) is 9.03 Å². The van der Waals surface area contributed by atoms with Crippen molar-refractivity contribution in [3.63, 3.8) is 0 Å². The van der Waals surface area contributed by atoms with E-state index < -0.39 is 28.1 Å². The van der Waals surface area contributed by atoms with Gasteiger partial charge in [0.15, 0.2) is 0 Å². The Morgan fingerprint density at radius 1 is 1.37 bits per heavy atom. The predicted octanol–water partition coefficient (Wildman–Crippen LogP) is 0.0424. The average molecular weight is 294 g/mol. The number of nitrogens with one attached hydrogen (secondary N) is 1. The first-order chi connectivity index (χ1) is 8.94. The molecule has 2 unspecified atom stereocenters. The van der Waals surface area contributed by atoms with Crippen LogP contribution >= 0.6 is 0 Å². The van der Waals surface area contributed by atoms with E-state index in [1.807, 2.05) is 13.8 Å². The van der Waals surface area contributed by atoms with Crippen molar-refractivity contribution in [1.29, 1.82) is 0 Å². The fourth-order valence-corrected chi connectivity index (χ4v) is 3.68. The number of hydrogen-bond donors (Lipinski definition) is 2. The lowest BCUT2D eigenvalue weighted by atomic mass is 10.0. The molecule has 0 radical (unpaired) electrons. The van der Waals surface area contributed by atoms with E-state index in [1.165, 1.54) is 4.31 Å². The largest absolute Gasteiger partial charge is 0.481 e. The molecule has 2 N–H and O–H groups in total. The molecule has 0 aromatic carbocycles. The molecule has 1 aliphatic rings. The molecule has 1 aliphatic heterocycles. The minimum absolute atomic E-state index is 0.0590. The van der Waals surface area contributed by atoms with Gasteiger partial charge in [-0.25, -0.2) is 4.72 Å². The molecule has 0 saturated carbocycles. The van der Waals surface area contributed by atoms with Gasteiger partial charge >= 0.3 is 5.97 Å². The maximum atomic E-state index is 12.2. The van der Waals surface area contributed by atoms with Gasteiger partial charge in [-0.1, -0.05) is 13.8 Å². The van der Waals surface area contributed by atoms with Crippen LogP contribution in [0.4, 0.5) is 0 Å². The topological polar surface area (TPSA) is 95.9 Å². The summed E-state index contributed by atoms with van der Waals surface area (Å²) in [5.74, 6) is -1.82. The van der Waals surface area contributed by atoms with E-state index in [4.69, 9.17) is 9.84 Å². The molecule has 0 aromatic heterocycles. The average Bonchev–Trinajstić information content (AvgIpc) is 2.82. The molecule has 0 aromatic rings. The first-order valence-corrected chi connectivity index (χ1v) is 7.95. The van der Waals surface area contributed by atoms with Gasteiger partial charge in [0.1, 0.15) is 0 Å². The van der Waals surface area contributed by atoms with E-state index in [2.05, 4.69) is 4.72 Å². The Bertz CT molecular complexity index is 398.